The minimum Gasteiger partial charge on any atom is -0.483 e. The summed E-state index contributed by atoms with van der Waals surface area (Å²) in [6, 6.07) is 15.0. The Balaban J connectivity index is 1.63. The van der Waals surface area contributed by atoms with Gasteiger partial charge in [0.25, 0.3) is 11.5 Å². The summed E-state index contributed by atoms with van der Waals surface area (Å²) in [4.78, 5) is 24.5. The minimum absolute atomic E-state index is 0.165. The van der Waals surface area contributed by atoms with Crippen LogP contribution in [0.1, 0.15) is 22.4 Å². The number of carbonyl (C=O) groups is 1. The highest BCUT2D eigenvalue weighted by Gasteiger charge is 2.10. The van der Waals surface area contributed by atoms with E-state index in [1.807, 2.05) is 62.4 Å². The number of aryl methyl sites for hydroxylation is 3. The number of nitrogens with zero attached hydrogens (tertiary/aromatic N) is 2. The van der Waals surface area contributed by atoms with Crippen LogP contribution in [-0.2, 0) is 4.79 Å². The molecule has 0 radical (unpaired) electrons. The number of carbonyl (C=O) groups excluding carboxylic acids is 1. The number of para-hydroxylation sites is 1. The zero-order valence-corrected chi connectivity index (χ0v) is 16.0. The van der Waals surface area contributed by atoms with E-state index in [-0.39, 0.29) is 12.2 Å². The zero-order valence-electron chi connectivity index (χ0n) is 16.0. The van der Waals surface area contributed by atoms with Gasteiger partial charge >= 0.3 is 0 Å². The van der Waals surface area contributed by atoms with Crippen molar-refractivity contribution in [2.45, 2.75) is 20.8 Å². The van der Waals surface area contributed by atoms with Crippen LogP contribution in [0, 0.1) is 20.8 Å². The molecule has 2 aromatic carbocycles. The van der Waals surface area contributed by atoms with Crippen molar-refractivity contribution in [3.63, 3.8) is 0 Å². The lowest BCUT2D eigenvalue weighted by Gasteiger charge is -2.08. The predicted molar refractivity (Wildman–Crippen MR) is 108 cm³/mol. The van der Waals surface area contributed by atoms with E-state index in [9.17, 15) is 9.59 Å². The maximum absolute atomic E-state index is 12.5. The number of benzene rings is 2. The lowest BCUT2D eigenvalue weighted by Crippen LogP contribution is -2.25. The average Bonchev–Trinajstić information content (AvgIpc) is 2.97. The Hall–Kier alpha value is -3.61. The van der Waals surface area contributed by atoms with Crippen molar-refractivity contribution in [3.8, 4) is 11.4 Å². The molecule has 3 rings (SSSR count). The maximum atomic E-state index is 12.5. The topological polar surface area (TPSA) is 88.5 Å². The lowest BCUT2D eigenvalue weighted by atomic mass is 10.1. The van der Waals surface area contributed by atoms with E-state index < -0.39 is 5.91 Å². The molecule has 0 spiro atoms. The fourth-order valence-corrected chi connectivity index (χ4v) is 2.68. The SMILES string of the molecule is Cc1ccc(C)c(OCC(=O)N/N=C\c2c(C)[nH]n(-c3ccccc3)c2=O)c1. The first-order valence-corrected chi connectivity index (χ1v) is 8.84. The fraction of sp³-hybridized carbons (Fsp3) is 0.190. The van der Waals surface area contributed by atoms with E-state index >= 15 is 0 Å². The van der Waals surface area contributed by atoms with Crippen LogP contribution in [0.4, 0.5) is 0 Å². The second-order valence-corrected chi connectivity index (χ2v) is 6.48. The van der Waals surface area contributed by atoms with Gasteiger partial charge in [-0.3, -0.25) is 14.7 Å². The van der Waals surface area contributed by atoms with E-state index in [2.05, 4.69) is 15.6 Å². The van der Waals surface area contributed by atoms with Crippen LogP contribution >= 0.6 is 0 Å². The van der Waals surface area contributed by atoms with Crippen molar-refractivity contribution in [2.24, 2.45) is 5.10 Å². The van der Waals surface area contributed by atoms with Gasteiger partial charge in [-0.25, -0.2) is 10.1 Å². The van der Waals surface area contributed by atoms with Crippen molar-refractivity contribution < 1.29 is 9.53 Å². The van der Waals surface area contributed by atoms with Gasteiger partial charge in [0.15, 0.2) is 6.61 Å². The number of hydrazone groups is 1. The largest absolute Gasteiger partial charge is 0.483 e. The molecule has 0 aliphatic rings. The number of rotatable bonds is 6. The number of nitrogens with one attached hydrogen (secondary N) is 2. The average molecular weight is 378 g/mol. The van der Waals surface area contributed by atoms with Crippen LogP contribution < -0.4 is 15.7 Å². The second-order valence-electron chi connectivity index (χ2n) is 6.48. The summed E-state index contributed by atoms with van der Waals surface area (Å²) in [7, 11) is 0. The Bertz CT molecular complexity index is 1060. The highest BCUT2D eigenvalue weighted by atomic mass is 16.5. The van der Waals surface area contributed by atoms with E-state index in [1.165, 1.54) is 10.9 Å². The Morgan fingerprint density at radius 3 is 2.68 bits per heavy atom. The molecule has 2 N–H and O–H groups in total. The van der Waals surface area contributed by atoms with Gasteiger partial charge in [0.1, 0.15) is 5.75 Å². The third-order valence-corrected chi connectivity index (χ3v) is 4.22. The van der Waals surface area contributed by atoms with Gasteiger partial charge in [0.2, 0.25) is 0 Å². The Kier molecular flexibility index (Phi) is 5.74. The molecule has 3 aromatic rings. The van der Waals surface area contributed by atoms with Crippen LogP contribution in [0.5, 0.6) is 5.75 Å². The number of aromatic amines is 1. The summed E-state index contributed by atoms with van der Waals surface area (Å²) in [5.74, 6) is 0.250. The standard InChI is InChI=1S/C21H22N4O3/c1-14-9-10-15(2)19(11-14)28-13-20(26)23-22-12-18-16(3)24-25(21(18)27)17-7-5-4-6-8-17/h4-12,24H,13H2,1-3H3,(H,23,26)/b22-12-. The number of hydrogen-bond donors (Lipinski definition) is 2. The van der Waals surface area contributed by atoms with Crippen LogP contribution in [-0.4, -0.2) is 28.5 Å². The highest BCUT2D eigenvalue weighted by molar-refractivity contribution is 5.83. The van der Waals surface area contributed by atoms with Gasteiger partial charge < -0.3 is 4.74 Å². The molecular weight excluding hydrogens is 356 g/mol. The first-order chi connectivity index (χ1) is 13.5. The summed E-state index contributed by atoms with van der Waals surface area (Å²) in [5, 5.41) is 6.89. The van der Waals surface area contributed by atoms with Crippen LogP contribution in [0.25, 0.3) is 5.69 Å². The Labute approximate surface area is 162 Å². The summed E-state index contributed by atoms with van der Waals surface area (Å²) >= 11 is 0. The van der Waals surface area contributed by atoms with Crippen molar-refractivity contribution in [1.29, 1.82) is 0 Å². The number of H-pyrrole nitrogens is 1. The molecule has 0 bridgehead atoms. The van der Waals surface area contributed by atoms with E-state index in [1.54, 1.807) is 6.92 Å². The second kappa shape index (κ2) is 8.39. The Morgan fingerprint density at radius 2 is 1.93 bits per heavy atom. The normalized spacial score (nSPS) is 11.0. The first-order valence-electron chi connectivity index (χ1n) is 8.84. The first kappa shape index (κ1) is 19.2. The monoisotopic (exact) mass is 378 g/mol. The number of hydrogen-bond acceptors (Lipinski definition) is 4. The number of ether oxygens (including phenoxy) is 1. The highest BCUT2D eigenvalue weighted by Crippen LogP contribution is 2.18. The summed E-state index contributed by atoms with van der Waals surface area (Å²) in [5.41, 5.74) is 5.89. The molecule has 144 valence electrons. The molecule has 0 aliphatic carbocycles. The maximum Gasteiger partial charge on any atom is 0.280 e. The summed E-state index contributed by atoms with van der Waals surface area (Å²) in [6.07, 6.45) is 1.34. The molecule has 0 unspecified atom stereocenters. The fourth-order valence-electron chi connectivity index (χ4n) is 2.68. The molecule has 0 saturated heterocycles. The zero-order chi connectivity index (χ0) is 20.1. The van der Waals surface area contributed by atoms with Gasteiger partial charge in [0, 0.05) is 5.69 Å². The third kappa shape index (κ3) is 4.37. The molecule has 1 amide bonds. The van der Waals surface area contributed by atoms with Crippen LogP contribution in [0.15, 0.2) is 58.4 Å². The van der Waals surface area contributed by atoms with E-state index in [0.29, 0.717) is 17.0 Å². The molecule has 1 aromatic heterocycles. The molecule has 28 heavy (non-hydrogen) atoms. The summed E-state index contributed by atoms with van der Waals surface area (Å²) < 4.78 is 6.97. The molecule has 0 fully saturated rings. The number of amides is 1. The van der Waals surface area contributed by atoms with Gasteiger partial charge in [-0.15, -0.1) is 0 Å². The van der Waals surface area contributed by atoms with Gasteiger partial charge in [0.05, 0.1) is 17.5 Å². The van der Waals surface area contributed by atoms with Crippen LogP contribution in [0.2, 0.25) is 0 Å². The van der Waals surface area contributed by atoms with Crippen molar-refractivity contribution >= 4 is 12.1 Å². The van der Waals surface area contributed by atoms with Gasteiger partial charge in [-0.2, -0.15) is 5.10 Å². The third-order valence-electron chi connectivity index (χ3n) is 4.22. The quantitative estimate of drug-likeness (QED) is 0.510. The van der Waals surface area contributed by atoms with Crippen molar-refractivity contribution in [2.75, 3.05) is 6.61 Å². The molecule has 0 aliphatic heterocycles. The van der Waals surface area contributed by atoms with Gasteiger partial charge in [-0.05, 0) is 50.1 Å². The molecule has 7 heteroatoms. The smallest absolute Gasteiger partial charge is 0.280 e. The Morgan fingerprint density at radius 1 is 1.18 bits per heavy atom. The molecule has 0 atom stereocenters. The van der Waals surface area contributed by atoms with E-state index in [0.717, 1.165) is 16.8 Å². The van der Waals surface area contributed by atoms with Gasteiger partial charge in [-0.1, -0.05) is 30.3 Å². The minimum atomic E-state index is -0.409. The molecule has 0 saturated carbocycles. The van der Waals surface area contributed by atoms with Crippen molar-refractivity contribution in [1.82, 2.24) is 15.2 Å². The number of aromatic nitrogens is 2. The predicted octanol–water partition coefficient (Wildman–Crippen LogP) is 2.62. The van der Waals surface area contributed by atoms with Crippen LogP contribution in [0.3, 0.4) is 0 Å². The van der Waals surface area contributed by atoms with E-state index in [4.69, 9.17) is 4.74 Å². The lowest BCUT2D eigenvalue weighted by molar-refractivity contribution is -0.123. The van der Waals surface area contributed by atoms with Crippen molar-refractivity contribution in [3.05, 3.63) is 81.3 Å². The molecular formula is C21H22N4O3. The summed E-state index contributed by atoms with van der Waals surface area (Å²) in [6.45, 7) is 5.48. The molecule has 1 heterocycles. The molecule has 7 nitrogen and oxygen atoms in total.